The zero-order valence-electron chi connectivity index (χ0n) is 16.9. The van der Waals surface area contributed by atoms with Crippen molar-refractivity contribution in [3.63, 3.8) is 0 Å². The van der Waals surface area contributed by atoms with Crippen molar-refractivity contribution in [3.8, 4) is 5.75 Å². The van der Waals surface area contributed by atoms with Gasteiger partial charge >= 0.3 is 0 Å². The van der Waals surface area contributed by atoms with Gasteiger partial charge in [0.05, 0.1) is 6.61 Å². The molecular weight excluding hydrogens is 330 g/mol. The van der Waals surface area contributed by atoms with Crippen LogP contribution < -0.4 is 9.64 Å². The van der Waals surface area contributed by atoms with Gasteiger partial charge in [-0.1, -0.05) is 43.7 Å². The molecule has 27 heavy (non-hydrogen) atoms. The lowest BCUT2D eigenvalue weighted by Gasteiger charge is -2.51. The molecule has 1 aliphatic carbocycles. The summed E-state index contributed by atoms with van der Waals surface area (Å²) >= 11 is 0. The summed E-state index contributed by atoms with van der Waals surface area (Å²) in [5.74, 6) is 2.40. The highest BCUT2D eigenvalue weighted by atomic mass is 16.5. The Labute approximate surface area is 164 Å². The highest BCUT2D eigenvalue weighted by Gasteiger charge is 2.52. The fraction of sp³-hybridized carbons (Fsp3) is 0.520. The van der Waals surface area contributed by atoms with Gasteiger partial charge in [-0.05, 0) is 74.8 Å². The summed E-state index contributed by atoms with van der Waals surface area (Å²) in [6.45, 7) is 6.69. The smallest absolute Gasteiger partial charge is 0.119 e. The maximum Gasteiger partial charge on any atom is 0.119 e. The van der Waals surface area contributed by atoms with E-state index in [9.17, 15) is 0 Å². The van der Waals surface area contributed by atoms with Crippen molar-refractivity contribution in [1.82, 2.24) is 0 Å². The Bertz CT molecular complexity index is 726. The lowest BCUT2D eigenvalue weighted by atomic mass is 9.73. The van der Waals surface area contributed by atoms with Gasteiger partial charge in [0.15, 0.2) is 0 Å². The normalized spacial score (nSPS) is 27.4. The minimum absolute atomic E-state index is 0.212. The van der Waals surface area contributed by atoms with Crippen LogP contribution >= 0.6 is 0 Å². The molecule has 0 bridgehead atoms. The van der Waals surface area contributed by atoms with Crippen molar-refractivity contribution in [2.75, 3.05) is 18.1 Å². The molecule has 2 aromatic rings. The number of unbranched alkanes of at least 4 members (excludes halogenated alkanes) is 1. The van der Waals surface area contributed by atoms with Crippen LogP contribution in [0.2, 0.25) is 0 Å². The molecule has 2 heteroatoms. The zero-order chi connectivity index (χ0) is 18.7. The second-order valence-electron chi connectivity index (χ2n) is 8.45. The molecule has 2 aromatic carbocycles. The number of fused-ring (bicyclic) bond motifs is 1. The Morgan fingerprint density at radius 2 is 1.78 bits per heavy atom. The summed E-state index contributed by atoms with van der Waals surface area (Å²) in [7, 11) is 0. The summed E-state index contributed by atoms with van der Waals surface area (Å²) in [5, 5.41) is 0. The second kappa shape index (κ2) is 7.96. The van der Waals surface area contributed by atoms with E-state index in [1.54, 1.807) is 0 Å². The first-order valence-corrected chi connectivity index (χ1v) is 10.8. The molecule has 1 heterocycles. The van der Waals surface area contributed by atoms with Crippen LogP contribution in [-0.2, 0) is 0 Å². The predicted molar refractivity (Wildman–Crippen MR) is 114 cm³/mol. The molecule has 0 unspecified atom stereocenters. The highest BCUT2D eigenvalue weighted by molar-refractivity contribution is 5.54. The van der Waals surface area contributed by atoms with E-state index in [4.69, 9.17) is 4.74 Å². The molecule has 4 rings (SSSR count). The summed E-state index contributed by atoms with van der Waals surface area (Å²) in [6.07, 6.45) is 7.62. The van der Waals surface area contributed by atoms with Crippen LogP contribution in [0.25, 0.3) is 0 Å². The number of nitrogens with zero attached hydrogens (tertiary/aromatic N) is 1. The third kappa shape index (κ3) is 3.47. The summed E-state index contributed by atoms with van der Waals surface area (Å²) in [4.78, 5) is 2.71. The number of anilines is 1. The number of hydrogen-bond acceptors (Lipinski definition) is 2. The largest absolute Gasteiger partial charge is 0.494 e. The molecule has 2 fully saturated rings. The first-order valence-electron chi connectivity index (χ1n) is 10.8. The third-order valence-electron chi connectivity index (χ3n) is 6.97. The number of benzene rings is 2. The molecule has 0 spiro atoms. The molecular formula is C25H33NO. The molecule has 1 saturated heterocycles. The van der Waals surface area contributed by atoms with Gasteiger partial charge in [-0.3, -0.25) is 0 Å². The van der Waals surface area contributed by atoms with Gasteiger partial charge in [0.2, 0.25) is 0 Å². The van der Waals surface area contributed by atoms with Crippen LogP contribution in [0.5, 0.6) is 5.75 Å². The van der Waals surface area contributed by atoms with E-state index in [-0.39, 0.29) is 5.54 Å². The topological polar surface area (TPSA) is 12.5 Å². The molecule has 2 aliphatic rings. The molecule has 0 aromatic heterocycles. The average molecular weight is 364 g/mol. The highest BCUT2D eigenvalue weighted by Crippen LogP contribution is 2.54. The molecule has 0 N–H and O–H groups in total. The van der Waals surface area contributed by atoms with Crippen LogP contribution in [0.15, 0.2) is 54.6 Å². The molecule has 3 atom stereocenters. The Morgan fingerprint density at radius 1 is 1.00 bits per heavy atom. The van der Waals surface area contributed by atoms with Crippen LogP contribution in [0, 0.1) is 5.92 Å². The van der Waals surface area contributed by atoms with Gasteiger partial charge in [0.25, 0.3) is 0 Å². The molecule has 0 amide bonds. The SMILES string of the molecule is CCCCOc1ccc(N2CCC[C@H]3CC[C@@H](c4ccccc4)[C@]32C)cc1. The Balaban J connectivity index is 1.59. The van der Waals surface area contributed by atoms with E-state index in [1.165, 1.54) is 43.4 Å². The van der Waals surface area contributed by atoms with E-state index in [0.717, 1.165) is 31.2 Å². The number of ether oxygens (including phenoxy) is 1. The Hall–Kier alpha value is -1.96. The molecule has 1 aliphatic heterocycles. The van der Waals surface area contributed by atoms with Crippen molar-refractivity contribution in [2.24, 2.45) is 5.92 Å². The fourth-order valence-electron chi connectivity index (χ4n) is 5.47. The third-order valence-corrected chi connectivity index (χ3v) is 6.97. The van der Waals surface area contributed by atoms with Crippen LogP contribution in [0.3, 0.4) is 0 Å². The van der Waals surface area contributed by atoms with E-state index >= 15 is 0 Å². The minimum Gasteiger partial charge on any atom is -0.494 e. The van der Waals surface area contributed by atoms with Gasteiger partial charge in [-0.15, -0.1) is 0 Å². The van der Waals surface area contributed by atoms with Gasteiger partial charge in [0, 0.05) is 23.7 Å². The lowest BCUT2D eigenvalue weighted by Crippen LogP contribution is -2.56. The van der Waals surface area contributed by atoms with Gasteiger partial charge in [0.1, 0.15) is 5.75 Å². The summed E-state index contributed by atoms with van der Waals surface area (Å²) in [5.41, 5.74) is 3.08. The lowest BCUT2D eigenvalue weighted by molar-refractivity contribution is 0.238. The first-order chi connectivity index (χ1) is 13.2. The van der Waals surface area contributed by atoms with Crippen molar-refractivity contribution in [2.45, 2.75) is 63.8 Å². The van der Waals surface area contributed by atoms with Crippen LogP contribution in [0.4, 0.5) is 5.69 Å². The number of rotatable bonds is 6. The molecule has 1 saturated carbocycles. The van der Waals surface area contributed by atoms with Gasteiger partial charge < -0.3 is 9.64 Å². The molecule has 0 radical (unpaired) electrons. The molecule has 144 valence electrons. The van der Waals surface area contributed by atoms with Gasteiger partial charge in [-0.25, -0.2) is 0 Å². The maximum absolute atomic E-state index is 5.87. The van der Waals surface area contributed by atoms with Crippen molar-refractivity contribution < 1.29 is 4.74 Å². The fourth-order valence-corrected chi connectivity index (χ4v) is 5.47. The minimum atomic E-state index is 0.212. The van der Waals surface area contributed by atoms with Crippen molar-refractivity contribution in [1.29, 1.82) is 0 Å². The van der Waals surface area contributed by atoms with Crippen LogP contribution in [0.1, 0.15) is 63.9 Å². The summed E-state index contributed by atoms with van der Waals surface area (Å²) < 4.78 is 5.87. The Kier molecular flexibility index (Phi) is 5.43. The van der Waals surface area contributed by atoms with E-state index in [2.05, 4.69) is 73.3 Å². The van der Waals surface area contributed by atoms with E-state index in [1.807, 2.05) is 0 Å². The average Bonchev–Trinajstić information content (AvgIpc) is 3.06. The summed E-state index contributed by atoms with van der Waals surface area (Å²) in [6, 6.07) is 20.0. The first kappa shape index (κ1) is 18.4. The number of piperidine rings is 1. The Morgan fingerprint density at radius 3 is 2.52 bits per heavy atom. The van der Waals surface area contributed by atoms with Crippen LogP contribution in [-0.4, -0.2) is 18.7 Å². The number of hydrogen-bond donors (Lipinski definition) is 0. The quantitative estimate of drug-likeness (QED) is 0.549. The van der Waals surface area contributed by atoms with E-state index < -0.39 is 0 Å². The van der Waals surface area contributed by atoms with Crippen molar-refractivity contribution >= 4 is 5.69 Å². The zero-order valence-corrected chi connectivity index (χ0v) is 16.9. The monoisotopic (exact) mass is 363 g/mol. The van der Waals surface area contributed by atoms with Crippen molar-refractivity contribution in [3.05, 3.63) is 60.2 Å². The predicted octanol–water partition coefficient (Wildman–Crippen LogP) is 6.42. The molecule has 2 nitrogen and oxygen atoms in total. The van der Waals surface area contributed by atoms with E-state index in [0.29, 0.717) is 5.92 Å². The standard InChI is InChI=1S/C25H33NO/c1-3-4-19-27-23-15-13-22(14-16-23)26-18-8-11-21-12-17-24(25(21,26)2)20-9-6-5-7-10-20/h5-7,9-10,13-16,21,24H,3-4,8,11-12,17-19H2,1-2H3/t21-,24-,25-/m0/s1. The second-order valence-corrected chi connectivity index (χ2v) is 8.45. The maximum atomic E-state index is 5.87. The van der Waals surface area contributed by atoms with Gasteiger partial charge in [-0.2, -0.15) is 0 Å².